The molecule has 0 aliphatic rings. The molecule has 0 saturated heterocycles. The average molecular weight is 247 g/mol. The van der Waals surface area contributed by atoms with Gasteiger partial charge in [-0.25, -0.2) is 9.97 Å². The van der Waals surface area contributed by atoms with Gasteiger partial charge in [0.25, 0.3) is 0 Å². The SMILES string of the molecule is CCCNC(c1cncnc1)c1sccc1C. The van der Waals surface area contributed by atoms with Gasteiger partial charge in [0.1, 0.15) is 6.33 Å². The van der Waals surface area contributed by atoms with Gasteiger partial charge in [-0.2, -0.15) is 0 Å². The van der Waals surface area contributed by atoms with Crippen LogP contribution in [0.4, 0.5) is 0 Å². The second-order valence-electron chi connectivity index (χ2n) is 4.03. The van der Waals surface area contributed by atoms with Crippen molar-refractivity contribution in [2.45, 2.75) is 26.3 Å². The number of hydrogen-bond donors (Lipinski definition) is 1. The summed E-state index contributed by atoms with van der Waals surface area (Å²) in [5.41, 5.74) is 2.46. The highest BCUT2D eigenvalue weighted by Crippen LogP contribution is 2.28. The van der Waals surface area contributed by atoms with E-state index in [0.717, 1.165) is 18.5 Å². The van der Waals surface area contributed by atoms with Gasteiger partial charge in [0.15, 0.2) is 0 Å². The maximum absolute atomic E-state index is 4.11. The van der Waals surface area contributed by atoms with Crippen molar-refractivity contribution in [3.63, 3.8) is 0 Å². The van der Waals surface area contributed by atoms with Gasteiger partial charge in [-0.3, -0.25) is 0 Å². The van der Waals surface area contributed by atoms with Crippen LogP contribution in [-0.4, -0.2) is 16.5 Å². The van der Waals surface area contributed by atoms with E-state index in [1.807, 2.05) is 12.4 Å². The number of aromatic nitrogens is 2. The van der Waals surface area contributed by atoms with Gasteiger partial charge in [-0.05, 0) is 36.9 Å². The highest BCUT2D eigenvalue weighted by molar-refractivity contribution is 7.10. The van der Waals surface area contributed by atoms with Gasteiger partial charge in [-0.1, -0.05) is 6.92 Å². The summed E-state index contributed by atoms with van der Waals surface area (Å²) in [5.74, 6) is 0. The van der Waals surface area contributed by atoms with Gasteiger partial charge < -0.3 is 5.32 Å². The van der Waals surface area contributed by atoms with Crippen LogP contribution in [0.3, 0.4) is 0 Å². The molecule has 2 rings (SSSR count). The lowest BCUT2D eigenvalue weighted by molar-refractivity contribution is 0.600. The molecule has 4 heteroatoms. The zero-order chi connectivity index (χ0) is 12.1. The number of aryl methyl sites for hydroxylation is 1. The molecule has 1 unspecified atom stereocenters. The van der Waals surface area contributed by atoms with Crippen LogP contribution in [0.15, 0.2) is 30.2 Å². The number of nitrogens with one attached hydrogen (secondary N) is 1. The van der Waals surface area contributed by atoms with Gasteiger partial charge in [-0.15, -0.1) is 11.3 Å². The maximum atomic E-state index is 4.11. The summed E-state index contributed by atoms with van der Waals surface area (Å²) in [6.07, 6.45) is 6.47. The zero-order valence-corrected chi connectivity index (χ0v) is 11.0. The number of nitrogens with zero attached hydrogens (tertiary/aromatic N) is 2. The summed E-state index contributed by atoms with van der Waals surface area (Å²) in [6, 6.07) is 2.38. The van der Waals surface area contributed by atoms with Crippen molar-refractivity contribution in [3.05, 3.63) is 46.2 Å². The molecule has 0 amide bonds. The van der Waals surface area contributed by atoms with Crippen LogP contribution < -0.4 is 5.32 Å². The molecule has 2 aromatic rings. The van der Waals surface area contributed by atoms with E-state index >= 15 is 0 Å². The number of rotatable bonds is 5. The quantitative estimate of drug-likeness (QED) is 0.882. The molecule has 2 heterocycles. The first-order chi connectivity index (χ1) is 8.33. The van der Waals surface area contributed by atoms with Crippen molar-refractivity contribution in [1.29, 1.82) is 0 Å². The summed E-state index contributed by atoms with van der Waals surface area (Å²) in [7, 11) is 0. The van der Waals surface area contributed by atoms with E-state index in [1.165, 1.54) is 10.4 Å². The van der Waals surface area contributed by atoms with E-state index in [9.17, 15) is 0 Å². The largest absolute Gasteiger partial charge is 0.305 e. The highest BCUT2D eigenvalue weighted by Gasteiger charge is 2.16. The summed E-state index contributed by atoms with van der Waals surface area (Å²) >= 11 is 1.78. The van der Waals surface area contributed by atoms with E-state index in [-0.39, 0.29) is 6.04 Å². The minimum atomic E-state index is 0.219. The number of thiophene rings is 1. The molecule has 0 aromatic carbocycles. The molecule has 1 atom stereocenters. The molecular weight excluding hydrogens is 230 g/mol. The Balaban J connectivity index is 2.29. The molecule has 0 radical (unpaired) electrons. The fourth-order valence-corrected chi connectivity index (χ4v) is 2.82. The fraction of sp³-hybridized carbons (Fsp3) is 0.385. The lowest BCUT2D eigenvalue weighted by Crippen LogP contribution is -2.23. The third-order valence-electron chi connectivity index (χ3n) is 2.68. The van der Waals surface area contributed by atoms with Crippen LogP contribution in [0.5, 0.6) is 0 Å². The molecule has 3 nitrogen and oxygen atoms in total. The molecule has 0 saturated carbocycles. The Hall–Kier alpha value is -1.26. The molecule has 1 N–H and O–H groups in total. The molecule has 2 aromatic heterocycles. The first-order valence-corrected chi connectivity index (χ1v) is 6.73. The number of hydrogen-bond acceptors (Lipinski definition) is 4. The molecule has 0 aliphatic carbocycles. The molecule has 90 valence electrons. The van der Waals surface area contributed by atoms with Crippen LogP contribution in [0.1, 0.15) is 35.4 Å². The normalized spacial score (nSPS) is 12.6. The van der Waals surface area contributed by atoms with Crippen molar-refractivity contribution < 1.29 is 0 Å². The maximum Gasteiger partial charge on any atom is 0.115 e. The Labute approximate surface area is 106 Å². The standard InChI is InChI=1S/C13H17N3S/c1-3-5-16-12(11-7-14-9-15-8-11)13-10(2)4-6-17-13/h4,6-9,12,16H,3,5H2,1-2H3. The van der Waals surface area contributed by atoms with E-state index in [2.05, 4.69) is 40.6 Å². The van der Waals surface area contributed by atoms with Gasteiger partial charge in [0, 0.05) is 22.8 Å². The van der Waals surface area contributed by atoms with Crippen LogP contribution in [-0.2, 0) is 0 Å². The van der Waals surface area contributed by atoms with Gasteiger partial charge in [0.2, 0.25) is 0 Å². The molecule has 0 bridgehead atoms. The monoisotopic (exact) mass is 247 g/mol. The first-order valence-electron chi connectivity index (χ1n) is 5.85. The predicted octanol–water partition coefficient (Wildman–Crippen LogP) is 2.94. The lowest BCUT2D eigenvalue weighted by atomic mass is 10.1. The van der Waals surface area contributed by atoms with E-state index < -0.39 is 0 Å². The smallest absolute Gasteiger partial charge is 0.115 e. The summed E-state index contributed by atoms with van der Waals surface area (Å²) < 4.78 is 0. The Bertz CT molecular complexity index is 453. The van der Waals surface area contributed by atoms with Crippen LogP contribution >= 0.6 is 11.3 Å². The van der Waals surface area contributed by atoms with Crippen LogP contribution in [0.25, 0.3) is 0 Å². The first kappa shape index (κ1) is 12.2. The molecule has 0 fully saturated rings. The second-order valence-corrected chi connectivity index (χ2v) is 4.97. The van der Waals surface area contributed by atoms with E-state index in [1.54, 1.807) is 17.7 Å². The summed E-state index contributed by atoms with van der Waals surface area (Å²) in [4.78, 5) is 9.57. The van der Waals surface area contributed by atoms with Crippen molar-refractivity contribution in [3.8, 4) is 0 Å². The molecule has 17 heavy (non-hydrogen) atoms. The zero-order valence-electron chi connectivity index (χ0n) is 10.2. The van der Waals surface area contributed by atoms with Crippen LogP contribution in [0, 0.1) is 6.92 Å². The van der Waals surface area contributed by atoms with Crippen molar-refractivity contribution in [2.75, 3.05) is 6.54 Å². The molecule has 0 aliphatic heterocycles. The van der Waals surface area contributed by atoms with Crippen LogP contribution in [0.2, 0.25) is 0 Å². The predicted molar refractivity (Wildman–Crippen MR) is 71.2 cm³/mol. The Morgan fingerprint density at radius 3 is 2.71 bits per heavy atom. The minimum absolute atomic E-state index is 0.219. The third kappa shape index (κ3) is 2.90. The van der Waals surface area contributed by atoms with Crippen molar-refractivity contribution in [1.82, 2.24) is 15.3 Å². The summed E-state index contributed by atoms with van der Waals surface area (Å²) in [6.45, 7) is 5.32. The summed E-state index contributed by atoms with van der Waals surface area (Å²) in [5, 5.41) is 5.69. The van der Waals surface area contributed by atoms with Crippen molar-refractivity contribution >= 4 is 11.3 Å². The Morgan fingerprint density at radius 2 is 2.12 bits per heavy atom. The Morgan fingerprint density at radius 1 is 1.35 bits per heavy atom. The highest BCUT2D eigenvalue weighted by atomic mass is 32.1. The van der Waals surface area contributed by atoms with Gasteiger partial charge >= 0.3 is 0 Å². The fourth-order valence-electron chi connectivity index (χ4n) is 1.79. The van der Waals surface area contributed by atoms with E-state index in [0.29, 0.717) is 0 Å². The lowest BCUT2D eigenvalue weighted by Gasteiger charge is -2.18. The van der Waals surface area contributed by atoms with Crippen molar-refractivity contribution in [2.24, 2.45) is 0 Å². The van der Waals surface area contributed by atoms with E-state index in [4.69, 9.17) is 0 Å². The second kappa shape index (κ2) is 5.89. The molecule has 0 spiro atoms. The molecular formula is C13H17N3S. The average Bonchev–Trinajstić information content (AvgIpc) is 2.78. The third-order valence-corrected chi connectivity index (χ3v) is 3.76. The minimum Gasteiger partial charge on any atom is -0.305 e. The Kier molecular flexibility index (Phi) is 4.23. The van der Waals surface area contributed by atoms with Gasteiger partial charge in [0.05, 0.1) is 6.04 Å². The topological polar surface area (TPSA) is 37.8 Å².